The van der Waals surface area contributed by atoms with Crippen LogP contribution in [0.15, 0.2) is 48.8 Å². The van der Waals surface area contributed by atoms with Crippen LogP contribution in [0.25, 0.3) is 5.69 Å². The highest BCUT2D eigenvalue weighted by atomic mass is 19.1. The van der Waals surface area contributed by atoms with Crippen LogP contribution in [0.4, 0.5) is 13.2 Å². The van der Waals surface area contributed by atoms with Crippen LogP contribution in [-0.2, 0) is 24.1 Å². The maximum Gasteiger partial charge on any atom is 0.300 e. The first-order chi connectivity index (χ1) is 18.6. The van der Waals surface area contributed by atoms with Gasteiger partial charge in [-0.2, -0.15) is 5.10 Å². The van der Waals surface area contributed by atoms with E-state index in [0.29, 0.717) is 30.0 Å². The molecule has 0 unspecified atom stereocenters. The maximum absolute atomic E-state index is 14.4. The van der Waals surface area contributed by atoms with Crippen LogP contribution in [0.1, 0.15) is 35.9 Å². The number of phenols is 1. The Morgan fingerprint density at radius 2 is 1.69 bits per heavy atom. The summed E-state index contributed by atoms with van der Waals surface area (Å²) in [6.45, 7) is 3.46. The van der Waals surface area contributed by atoms with Crippen LogP contribution in [-0.4, -0.2) is 37.6 Å². The Balaban J connectivity index is 0.000000207. The molecule has 4 aromatic rings. The maximum atomic E-state index is 14.4. The van der Waals surface area contributed by atoms with Gasteiger partial charge in [-0.1, -0.05) is 6.07 Å². The molecule has 0 fully saturated rings. The molecule has 1 aliphatic carbocycles. The standard InChI is InChI=1S/C18H14F3N3O.C8H8O2.C2H4O2/c1-10-22-9-24(23-10)18-15(20)7-11(8-16(18)21)25-17-6-5-14(19)12-3-2-4-13(12)17;9-7-2-1-6-3-4-10-8(6)5-7;1-2(3)4/h5-9H,2-4H2,1H3;1-2,5,9H,3-4H2;1H3,(H,3,4). The fraction of sp³-hybridized carbons (Fsp3) is 0.250. The third-order valence-electron chi connectivity index (χ3n) is 5.92. The largest absolute Gasteiger partial charge is 0.508 e. The Labute approximate surface area is 222 Å². The third kappa shape index (κ3) is 6.67. The minimum atomic E-state index is -0.833. The summed E-state index contributed by atoms with van der Waals surface area (Å²) in [5.41, 5.74) is 2.25. The second-order valence-electron chi connectivity index (χ2n) is 8.84. The topological polar surface area (TPSA) is 107 Å². The van der Waals surface area contributed by atoms with E-state index in [1.807, 2.05) is 6.07 Å². The number of nitrogens with zero attached hydrogens (tertiary/aromatic N) is 3. The van der Waals surface area contributed by atoms with Gasteiger partial charge in [0.2, 0.25) is 0 Å². The number of carboxylic acids is 1. The predicted octanol–water partition coefficient (Wildman–Crippen LogP) is 5.69. The van der Waals surface area contributed by atoms with Gasteiger partial charge in [-0.3, -0.25) is 4.79 Å². The highest BCUT2D eigenvalue weighted by molar-refractivity contribution is 5.63. The SMILES string of the molecule is CC(=O)O.Cc1ncn(-c2c(F)cc(Oc3ccc(F)c4c3CCC4)cc2F)n1.Oc1ccc2c(c1)OCC2. The minimum Gasteiger partial charge on any atom is -0.508 e. The number of halogens is 3. The highest BCUT2D eigenvalue weighted by Gasteiger charge is 2.21. The fourth-order valence-corrected chi connectivity index (χ4v) is 4.28. The van der Waals surface area contributed by atoms with Crippen molar-refractivity contribution in [1.82, 2.24) is 14.8 Å². The molecule has 11 heteroatoms. The van der Waals surface area contributed by atoms with Gasteiger partial charge in [0, 0.05) is 37.1 Å². The van der Waals surface area contributed by atoms with Gasteiger partial charge in [0.15, 0.2) is 11.6 Å². The van der Waals surface area contributed by atoms with E-state index in [1.54, 1.807) is 19.1 Å². The lowest BCUT2D eigenvalue weighted by Crippen LogP contribution is -2.03. The quantitative estimate of drug-likeness (QED) is 0.343. The highest BCUT2D eigenvalue weighted by Crippen LogP contribution is 2.36. The van der Waals surface area contributed by atoms with Crippen LogP contribution < -0.4 is 9.47 Å². The molecule has 0 spiro atoms. The molecule has 8 nitrogen and oxygen atoms in total. The van der Waals surface area contributed by atoms with Gasteiger partial charge in [-0.15, -0.1) is 0 Å². The van der Waals surface area contributed by atoms with E-state index >= 15 is 0 Å². The monoisotopic (exact) mass is 541 g/mol. The summed E-state index contributed by atoms with van der Waals surface area (Å²) in [6, 6.07) is 10.2. The third-order valence-corrected chi connectivity index (χ3v) is 5.92. The number of rotatable bonds is 3. The number of aromatic nitrogens is 3. The molecule has 2 N–H and O–H groups in total. The fourth-order valence-electron chi connectivity index (χ4n) is 4.28. The number of hydrogen-bond donors (Lipinski definition) is 2. The van der Waals surface area contributed by atoms with Gasteiger partial charge in [0.05, 0.1) is 6.61 Å². The first kappa shape index (κ1) is 27.5. The summed E-state index contributed by atoms with van der Waals surface area (Å²) >= 11 is 0. The Bertz CT molecular complexity index is 1480. The van der Waals surface area contributed by atoms with Crippen molar-refractivity contribution in [2.24, 2.45) is 0 Å². The number of ether oxygens (including phenoxy) is 2. The van der Waals surface area contributed by atoms with E-state index in [-0.39, 0.29) is 23.0 Å². The summed E-state index contributed by atoms with van der Waals surface area (Å²) in [7, 11) is 0. The number of aryl methyl sites for hydroxylation is 1. The summed E-state index contributed by atoms with van der Waals surface area (Å²) in [4.78, 5) is 12.9. The van der Waals surface area contributed by atoms with Crippen molar-refractivity contribution < 1.29 is 37.7 Å². The number of fused-ring (bicyclic) bond motifs is 2. The minimum absolute atomic E-state index is 0.0105. The lowest BCUT2D eigenvalue weighted by molar-refractivity contribution is -0.134. The molecule has 2 heterocycles. The molecule has 3 aromatic carbocycles. The average molecular weight is 542 g/mol. The molecule has 1 aromatic heterocycles. The summed E-state index contributed by atoms with van der Waals surface area (Å²) < 4.78 is 54.4. The Morgan fingerprint density at radius 1 is 1.00 bits per heavy atom. The molecule has 0 amide bonds. The molecular weight excluding hydrogens is 515 g/mol. The Hall–Kier alpha value is -4.54. The van der Waals surface area contributed by atoms with E-state index in [9.17, 15) is 13.2 Å². The molecule has 0 saturated carbocycles. The van der Waals surface area contributed by atoms with Gasteiger partial charge in [0.1, 0.15) is 46.7 Å². The van der Waals surface area contributed by atoms with E-state index in [2.05, 4.69) is 10.1 Å². The Morgan fingerprint density at radius 3 is 2.36 bits per heavy atom. The van der Waals surface area contributed by atoms with Crippen molar-refractivity contribution in [2.45, 2.75) is 39.5 Å². The lowest BCUT2D eigenvalue weighted by atomic mass is 10.1. The summed E-state index contributed by atoms with van der Waals surface area (Å²) in [6.07, 6.45) is 4.37. The van der Waals surface area contributed by atoms with Crippen LogP contribution in [0.2, 0.25) is 0 Å². The van der Waals surface area contributed by atoms with Crippen molar-refractivity contribution in [3.8, 4) is 28.7 Å². The van der Waals surface area contributed by atoms with Crippen molar-refractivity contribution in [2.75, 3.05) is 6.61 Å². The smallest absolute Gasteiger partial charge is 0.300 e. The average Bonchev–Trinajstić information content (AvgIpc) is 3.62. The predicted molar refractivity (Wildman–Crippen MR) is 135 cm³/mol. The van der Waals surface area contributed by atoms with Gasteiger partial charge < -0.3 is 19.7 Å². The van der Waals surface area contributed by atoms with Gasteiger partial charge in [-0.05, 0) is 55.5 Å². The van der Waals surface area contributed by atoms with Crippen LogP contribution >= 0.6 is 0 Å². The van der Waals surface area contributed by atoms with Crippen molar-refractivity contribution in [3.05, 3.63) is 88.8 Å². The number of aromatic hydroxyl groups is 1. The molecule has 6 rings (SSSR count). The summed E-state index contributed by atoms with van der Waals surface area (Å²) in [5.74, 6) is -0.790. The first-order valence-corrected chi connectivity index (χ1v) is 12.1. The number of hydrogen-bond acceptors (Lipinski definition) is 6. The molecule has 0 saturated heterocycles. The second kappa shape index (κ2) is 11.9. The molecule has 1 aliphatic heterocycles. The van der Waals surface area contributed by atoms with Crippen LogP contribution in [0.5, 0.6) is 23.0 Å². The Kier molecular flexibility index (Phi) is 8.38. The van der Waals surface area contributed by atoms with Crippen molar-refractivity contribution in [3.63, 3.8) is 0 Å². The van der Waals surface area contributed by atoms with Crippen molar-refractivity contribution >= 4 is 5.97 Å². The van der Waals surface area contributed by atoms with Crippen LogP contribution in [0.3, 0.4) is 0 Å². The van der Waals surface area contributed by atoms with Gasteiger partial charge >= 0.3 is 0 Å². The van der Waals surface area contributed by atoms with Crippen molar-refractivity contribution in [1.29, 1.82) is 0 Å². The number of carbonyl (C=O) groups is 1. The number of benzene rings is 3. The zero-order valence-corrected chi connectivity index (χ0v) is 21.2. The van der Waals surface area contributed by atoms with Gasteiger partial charge in [0.25, 0.3) is 5.97 Å². The van der Waals surface area contributed by atoms with Crippen LogP contribution in [0, 0.1) is 24.4 Å². The zero-order chi connectivity index (χ0) is 28.1. The second-order valence-corrected chi connectivity index (χ2v) is 8.84. The lowest BCUT2D eigenvalue weighted by Gasteiger charge is -2.13. The van der Waals surface area contributed by atoms with E-state index in [4.69, 9.17) is 24.5 Å². The zero-order valence-electron chi connectivity index (χ0n) is 21.2. The molecular formula is C28H26F3N3O5. The molecule has 0 atom stereocenters. The van der Waals surface area contributed by atoms with E-state index < -0.39 is 17.6 Å². The number of carboxylic acid groups (broad SMARTS) is 1. The number of phenolic OH excluding ortho intramolecular Hbond substituents is 1. The first-order valence-electron chi connectivity index (χ1n) is 12.1. The molecule has 0 radical (unpaired) electrons. The molecule has 0 bridgehead atoms. The molecule has 2 aliphatic rings. The van der Waals surface area contributed by atoms with Gasteiger partial charge in [-0.25, -0.2) is 22.8 Å². The molecule has 39 heavy (non-hydrogen) atoms. The number of aliphatic carboxylic acids is 1. The normalized spacial score (nSPS) is 12.7. The summed E-state index contributed by atoms with van der Waals surface area (Å²) in [5, 5.41) is 20.3. The van der Waals surface area contributed by atoms with E-state index in [0.717, 1.165) is 54.5 Å². The van der Waals surface area contributed by atoms with E-state index in [1.165, 1.54) is 24.0 Å². The molecule has 204 valence electrons.